The molecule has 2 bridgehead atoms. The lowest BCUT2D eigenvalue weighted by Crippen LogP contribution is -2.67. The summed E-state index contributed by atoms with van der Waals surface area (Å²) in [6.45, 7) is 0. The topological polar surface area (TPSA) is 34.1 Å². The van der Waals surface area contributed by atoms with Gasteiger partial charge >= 0.3 is 0 Å². The molecule has 0 amide bonds. The summed E-state index contributed by atoms with van der Waals surface area (Å²) in [5.74, 6) is 3.35. The second-order valence-corrected chi connectivity index (χ2v) is 7.55. The number of carbonyl (C=O) groups excluding carboxylic acids is 2. The van der Waals surface area contributed by atoms with Gasteiger partial charge in [0.1, 0.15) is 11.6 Å². The minimum Gasteiger partial charge on any atom is -0.298 e. The third-order valence-corrected chi connectivity index (χ3v) is 7.99. The maximum Gasteiger partial charge on any atom is 0.149 e. The molecule has 92 valence electrons. The van der Waals surface area contributed by atoms with Gasteiger partial charge in [-0.3, -0.25) is 9.59 Å². The van der Waals surface area contributed by atoms with Gasteiger partial charge in [-0.2, -0.15) is 0 Å². The minimum atomic E-state index is -0.343. The van der Waals surface area contributed by atoms with Gasteiger partial charge in [-0.1, -0.05) is 24.3 Å². The Kier molecular flexibility index (Phi) is 0.882. The number of carbonyl (C=O) groups is 2. The molecule has 2 heteroatoms. The lowest BCUT2D eigenvalue weighted by atomic mass is 9.42. The van der Waals surface area contributed by atoms with Crippen LogP contribution in [0.3, 0.4) is 0 Å². The number of rotatable bonds is 0. The number of hydrogen-bond acceptors (Lipinski definition) is 2. The number of Topliss-reactive ketones (excluding diaryl/α,β-unsaturated/α-hetero) is 2. The average Bonchev–Trinajstić information content (AvgIpc) is 2.86. The van der Waals surface area contributed by atoms with E-state index in [1.165, 1.54) is 11.1 Å². The molecular weight excluding hydrogens is 236 g/mol. The van der Waals surface area contributed by atoms with Crippen molar-refractivity contribution >= 4 is 11.6 Å². The summed E-state index contributed by atoms with van der Waals surface area (Å²) in [6.07, 6.45) is 1.15. The van der Waals surface area contributed by atoms with Crippen LogP contribution in [0.4, 0.5) is 0 Å². The van der Waals surface area contributed by atoms with Gasteiger partial charge in [-0.15, -0.1) is 0 Å². The van der Waals surface area contributed by atoms with E-state index in [0.29, 0.717) is 35.2 Å². The quantitative estimate of drug-likeness (QED) is 0.696. The van der Waals surface area contributed by atoms with E-state index in [0.717, 1.165) is 6.42 Å². The van der Waals surface area contributed by atoms with Gasteiger partial charge in [0.15, 0.2) is 0 Å². The van der Waals surface area contributed by atoms with Crippen molar-refractivity contribution in [3.05, 3.63) is 35.4 Å². The van der Waals surface area contributed by atoms with E-state index in [4.69, 9.17) is 0 Å². The van der Waals surface area contributed by atoms with E-state index in [9.17, 15) is 9.59 Å². The maximum atomic E-state index is 13.0. The van der Waals surface area contributed by atoms with Gasteiger partial charge in [0, 0.05) is 11.8 Å². The fourth-order valence-corrected chi connectivity index (χ4v) is 8.11. The van der Waals surface area contributed by atoms with Crippen LogP contribution in [0.5, 0.6) is 0 Å². The zero-order chi connectivity index (χ0) is 12.3. The van der Waals surface area contributed by atoms with Crippen LogP contribution in [-0.2, 0) is 20.4 Å². The minimum absolute atomic E-state index is 0.122. The second-order valence-electron chi connectivity index (χ2n) is 7.55. The molecule has 6 aliphatic carbocycles. The molecule has 5 saturated carbocycles. The molecule has 6 aliphatic rings. The third-order valence-electron chi connectivity index (χ3n) is 7.99. The molecule has 0 saturated heterocycles. The van der Waals surface area contributed by atoms with Crippen molar-refractivity contribution in [2.24, 2.45) is 35.5 Å². The smallest absolute Gasteiger partial charge is 0.149 e. The SMILES string of the molecule is O=C1[C@@H]2[C@@H]3C(=O)[C@]45c6ccccc6[C@]14[C@H]1C[C@@H]5[C@@H]3[C@@H]21. The zero-order valence-electron chi connectivity index (χ0n) is 10.3. The molecule has 0 unspecified atom stereocenters. The average molecular weight is 248 g/mol. The standard InChI is InChI=1S/C17H12O2/c18-14-12-10-8-5-9-11(10)13(12)15(19)17(9)7-4-2-1-3-6(7)16(8,14)17/h1-4,8-13H,5H2/t8-,9+,10-,11+,12-,13+,16-,17+. The first kappa shape index (κ1) is 8.68. The van der Waals surface area contributed by atoms with Crippen LogP contribution >= 0.6 is 0 Å². The summed E-state index contributed by atoms with van der Waals surface area (Å²) < 4.78 is 0. The Morgan fingerprint density at radius 1 is 0.842 bits per heavy atom. The summed E-state index contributed by atoms with van der Waals surface area (Å²) in [7, 11) is 0. The van der Waals surface area contributed by atoms with Crippen molar-refractivity contribution in [1.82, 2.24) is 0 Å². The highest BCUT2D eigenvalue weighted by atomic mass is 16.2. The number of hydrogen-bond donors (Lipinski definition) is 0. The van der Waals surface area contributed by atoms with Crippen LogP contribution in [-0.4, -0.2) is 11.6 Å². The zero-order valence-corrected chi connectivity index (χ0v) is 10.3. The Morgan fingerprint density at radius 2 is 1.32 bits per heavy atom. The van der Waals surface area contributed by atoms with E-state index >= 15 is 0 Å². The van der Waals surface area contributed by atoms with Gasteiger partial charge in [0.25, 0.3) is 0 Å². The molecule has 1 aromatic rings. The first-order valence-electron chi connectivity index (χ1n) is 7.46. The Balaban J connectivity index is 1.76. The lowest BCUT2D eigenvalue weighted by molar-refractivity contribution is -0.149. The summed E-state index contributed by atoms with van der Waals surface area (Å²) in [4.78, 5) is 26.1. The maximum absolute atomic E-state index is 13.0. The van der Waals surface area contributed by atoms with Crippen molar-refractivity contribution in [2.45, 2.75) is 17.3 Å². The van der Waals surface area contributed by atoms with Gasteiger partial charge in [-0.05, 0) is 41.2 Å². The number of fused-ring (bicyclic) bond motifs is 2. The summed E-state index contributed by atoms with van der Waals surface area (Å²) in [6, 6.07) is 8.33. The van der Waals surface area contributed by atoms with Crippen molar-refractivity contribution in [3.63, 3.8) is 0 Å². The lowest BCUT2D eigenvalue weighted by Gasteiger charge is -2.57. The van der Waals surface area contributed by atoms with E-state index < -0.39 is 0 Å². The molecule has 0 heterocycles. The van der Waals surface area contributed by atoms with Gasteiger partial charge in [0.05, 0.1) is 10.8 Å². The molecular formula is C17H12O2. The van der Waals surface area contributed by atoms with Crippen LogP contribution < -0.4 is 0 Å². The largest absolute Gasteiger partial charge is 0.298 e. The monoisotopic (exact) mass is 248 g/mol. The third kappa shape index (κ3) is 0.428. The van der Waals surface area contributed by atoms with Crippen LogP contribution in [0, 0.1) is 35.5 Å². The molecule has 0 aromatic heterocycles. The molecule has 8 atom stereocenters. The fourth-order valence-electron chi connectivity index (χ4n) is 8.11. The molecule has 0 N–H and O–H groups in total. The number of benzene rings is 1. The van der Waals surface area contributed by atoms with Crippen LogP contribution in [0.2, 0.25) is 0 Å². The number of ketones is 2. The van der Waals surface area contributed by atoms with Crippen LogP contribution in [0.15, 0.2) is 24.3 Å². The Labute approximate surface area is 110 Å². The highest BCUT2D eigenvalue weighted by molar-refractivity contribution is 6.20. The van der Waals surface area contributed by atoms with Crippen molar-refractivity contribution < 1.29 is 9.59 Å². The summed E-state index contributed by atoms with van der Waals surface area (Å²) in [5, 5.41) is 0. The summed E-state index contributed by atoms with van der Waals surface area (Å²) in [5.41, 5.74) is 1.77. The van der Waals surface area contributed by atoms with Crippen LogP contribution in [0.25, 0.3) is 0 Å². The summed E-state index contributed by atoms with van der Waals surface area (Å²) >= 11 is 0. The van der Waals surface area contributed by atoms with E-state index in [1.807, 2.05) is 12.1 Å². The predicted molar refractivity (Wildman–Crippen MR) is 65.4 cm³/mol. The van der Waals surface area contributed by atoms with Crippen LogP contribution in [0.1, 0.15) is 17.5 Å². The second kappa shape index (κ2) is 1.93. The molecule has 0 aliphatic heterocycles. The molecule has 1 aromatic carbocycles. The highest BCUT2D eigenvalue weighted by Gasteiger charge is 2.98. The van der Waals surface area contributed by atoms with E-state index in [-0.39, 0.29) is 22.7 Å². The van der Waals surface area contributed by atoms with Gasteiger partial charge in [-0.25, -0.2) is 0 Å². The van der Waals surface area contributed by atoms with Crippen molar-refractivity contribution in [1.29, 1.82) is 0 Å². The van der Waals surface area contributed by atoms with Gasteiger partial charge < -0.3 is 0 Å². The molecule has 7 rings (SSSR count). The van der Waals surface area contributed by atoms with Crippen molar-refractivity contribution in [3.8, 4) is 0 Å². The Bertz CT molecular complexity index is 701. The van der Waals surface area contributed by atoms with E-state index in [2.05, 4.69) is 12.1 Å². The first-order chi connectivity index (χ1) is 9.27. The fraction of sp³-hybridized carbons (Fsp3) is 0.529. The predicted octanol–water partition coefficient (Wildman–Crippen LogP) is 1.47. The molecule has 2 nitrogen and oxygen atoms in total. The Hall–Kier alpha value is -1.44. The van der Waals surface area contributed by atoms with Gasteiger partial charge in [0.2, 0.25) is 0 Å². The Morgan fingerprint density at radius 3 is 1.79 bits per heavy atom. The van der Waals surface area contributed by atoms with E-state index in [1.54, 1.807) is 0 Å². The molecule has 2 spiro atoms. The first-order valence-corrected chi connectivity index (χ1v) is 7.46. The van der Waals surface area contributed by atoms with Crippen molar-refractivity contribution in [2.75, 3.05) is 0 Å². The molecule has 0 radical (unpaired) electrons. The normalized spacial score (nSPS) is 63.2. The molecule has 19 heavy (non-hydrogen) atoms. The molecule has 5 fully saturated rings. The highest BCUT2D eigenvalue weighted by Crippen LogP contribution is 2.92.